The lowest BCUT2D eigenvalue weighted by Gasteiger charge is -2.15. The first kappa shape index (κ1) is 17.0. The van der Waals surface area contributed by atoms with Crippen LogP contribution in [0.15, 0.2) is 53.4 Å². The van der Waals surface area contributed by atoms with E-state index in [4.69, 9.17) is 0 Å². The number of carboxylic acids is 2. The molecule has 0 saturated carbocycles. The van der Waals surface area contributed by atoms with Crippen molar-refractivity contribution in [2.24, 2.45) is 0 Å². The minimum Gasteiger partial charge on any atom is -0.478 e. The van der Waals surface area contributed by atoms with Crippen molar-refractivity contribution in [1.29, 1.82) is 0 Å². The van der Waals surface area contributed by atoms with Crippen LogP contribution in [-0.2, 0) is 0 Å². The number of nitrogens with zero attached hydrogens (tertiary/aromatic N) is 1. The van der Waals surface area contributed by atoms with Gasteiger partial charge >= 0.3 is 11.9 Å². The Balaban J connectivity index is 2.49. The number of thioether (sulfide) groups is 1. The van der Waals surface area contributed by atoms with Crippen LogP contribution in [0.3, 0.4) is 0 Å². The maximum atomic E-state index is 12.0. The highest BCUT2D eigenvalue weighted by Crippen LogP contribution is 2.37. The molecular weight excluding hydrogens is 338 g/mol. The van der Waals surface area contributed by atoms with E-state index in [1.807, 2.05) is 37.3 Å². The van der Waals surface area contributed by atoms with Crippen molar-refractivity contribution < 1.29 is 19.8 Å². The molecule has 5 nitrogen and oxygen atoms in total. The number of aromatic carboxylic acids is 2. The molecule has 2 aromatic carbocycles. The third-order valence-corrected chi connectivity index (χ3v) is 4.73. The lowest BCUT2D eigenvalue weighted by atomic mass is 10.0. The number of para-hydroxylation sites is 1. The lowest BCUT2D eigenvalue weighted by Crippen LogP contribution is -2.07. The van der Waals surface area contributed by atoms with Gasteiger partial charge in [0.1, 0.15) is 0 Å². The van der Waals surface area contributed by atoms with Crippen LogP contribution in [-0.4, -0.2) is 32.9 Å². The summed E-state index contributed by atoms with van der Waals surface area (Å²) in [6.07, 6.45) is 0. The zero-order valence-electron chi connectivity index (χ0n) is 13.4. The molecule has 0 spiro atoms. The molecule has 0 radical (unpaired) electrons. The molecule has 0 bridgehead atoms. The summed E-state index contributed by atoms with van der Waals surface area (Å²) < 4.78 is 0. The van der Waals surface area contributed by atoms with Gasteiger partial charge in [-0.2, -0.15) is 0 Å². The zero-order valence-corrected chi connectivity index (χ0v) is 14.2. The zero-order chi connectivity index (χ0) is 18.0. The molecule has 1 heterocycles. The minimum atomic E-state index is -1.13. The maximum Gasteiger partial charge on any atom is 0.337 e. The largest absolute Gasteiger partial charge is 0.478 e. The van der Waals surface area contributed by atoms with Crippen LogP contribution in [0.4, 0.5) is 0 Å². The molecule has 3 rings (SSSR count). The van der Waals surface area contributed by atoms with Crippen LogP contribution in [0.25, 0.3) is 22.2 Å². The van der Waals surface area contributed by atoms with Crippen LogP contribution in [0.5, 0.6) is 0 Å². The first-order valence-corrected chi connectivity index (χ1v) is 8.64. The van der Waals surface area contributed by atoms with Crippen molar-refractivity contribution in [3.05, 3.63) is 59.7 Å². The van der Waals surface area contributed by atoms with Gasteiger partial charge in [0.25, 0.3) is 0 Å². The molecule has 25 heavy (non-hydrogen) atoms. The lowest BCUT2D eigenvalue weighted by molar-refractivity contribution is 0.0684. The molecule has 0 aliphatic carbocycles. The Kier molecular flexibility index (Phi) is 4.72. The van der Waals surface area contributed by atoms with Crippen LogP contribution in [0.2, 0.25) is 0 Å². The van der Waals surface area contributed by atoms with Crippen molar-refractivity contribution in [3.63, 3.8) is 0 Å². The van der Waals surface area contributed by atoms with Crippen molar-refractivity contribution in [3.8, 4) is 11.3 Å². The predicted molar refractivity (Wildman–Crippen MR) is 97.5 cm³/mol. The van der Waals surface area contributed by atoms with E-state index in [0.717, 1.165) is 5.56 Å². The average molecular weight is 353 g/mol. The summed E-state index contributed by atoms with van der Waals surface area (Å²) in [6, 6.07) is 13.8. The summed E-state index contributed by atoms with van der Waals surface area (Å²) >= 11 is 1.39. The van der Waals surface area contributed by atoms with Crippen LogP contribution in [0.1, 0.15) is 27.6 Å². The molecule has 1 aromatic heterocycles. The van der Waals surface area contributed by atoms with Crippen molar-refractivity contribution in [1.82, 2.24) is 4.98 Å². The number of pyridine rings is 1. The molecule has 0 aliphatic heterocycles. The molecule has 0 amide bonds. The molecule has 0 unspecified atom stereocenters. The fourth-order valence-electron chi connectivity index (χ4n) is 2.73. The maximum absolute atomic E-state index is 12.0. The van der Waals surface area contributed by atoms with Gasteiger partial charge in [-0.3, -0.25) is 0 Å². The number of hydrogen-bond donors (Lipinski definition) is 2. The van der Waals surface area contributed by atoms with Crippen LogP contribution >= 0.6 is 11.8 Å². The summed E-state index contributed by atoms with van der Waals surface area (Å²) in [5, 5.41) is 19.6. The number of hydrogen-bond acceptors (Lipinski definition) is 4. The molecule has 0 aliphatic rings. The van der Waals surface area contributed by atoms with E-state index in [1.165, 1.54) is 17.8 Å². The third-order valence-electron chi connectivity index (χ3n) is 3.75. The van der Waals surface area contributed by atoms with Gasteiger partial charge in [0.15, 0.2) is 0 Å². The summed E-state index contributed by atoms with van der Waals surface area (Å²) in [6.45, 7) is 1.93. The van der Waals surface area contributed by atoms with Gasteiger partial charge in [0, 0.05) is 15.8 Å². The standard InChI is InChI=1S/C19H15NO4S/c1-2-25-17-14(19(23)24)12-9-6-10-13(18(21)22)16(12)20-15(17)11-7-4-3-5-8-11/h3-10H,2H2,1H3,(H,21,22)(H,23,24). The van der Waals surface area contributed by atoms with Gasteiger partial charge in [-0.15, -0.1) is 11.8 Å². The van der Waals surface area contributed by atoms with E-state index >= 15 is 0 Å². The molecule has 0 fully saturated rings. The highest BCUT2D eigenvalue weighted by molar-refractivity contribution is 7.99. The summed E-state index contributed by atoms with van der Waals surface area (Å²) in [5.41, 5.74) is 1.52. The van der Waals surface area contributed by atoms with Gasteiger partial charge in [-0.25, -0.2) is 14.6 Å². The number of aromatic nitrogens is 1. The second kappa shape index (κ2) is 6.94. The molecule has 2 N–H and O–H groups in total. The highest BCUT2D eigenvalue weighted by atomic mass is 32.2. The Morgan fingerprint density at radius 3 is 2.32 bits per heavy atom. The monoisotopic (exact) mass is 353 g/mol. The Morgan fingerprint density at radius 1 is 1.00 bits per heavy atom. The molecular formula is C19H15NO4S. The summed E-state index contributed by atoms with van der Waals surface area (Å²) in [4.78, 5) is 28.7. The van der Waals surface area contributed by atoms with Gasteiger partial charge in [-0.1, -0.05) is 49.4 Å². The normalized spacial score (nSPS) is 10.8. The van der Waals surface area contributed by atoms with Gasteiger partial charge in [0.2, 0.25) is 0 Å². The van der Waals surface area contributed by atoms with Crippen LogP contribution < -0.4 is 0 Å². The van der Waals surface area contributed by atoms with Gasteiger partial charge < -0.3 is 10.2 Å². The molecule has 0 atom stereocenters. The molecule has 3 aromatic rings. The van der Waals surface area contributed by atoms with E-state index in [1.54, 1.807) is 12.1 Å². The molecule has 0 saturated heterocycles. The number of benzene rings is 2. The fourth-order valence-corrected chi connectivity index (χ4v) is 3.66. The summed E-state index contributed by atoms with van der Waals surface area (Å²) in [7, 11) is 0. The second-order valence-electron chi connectivity index (χ2n) is 5.28. The van der Waals surface area contributed by atoms with E-state index in [0.29, 0.717) is 21.7 Å². The smallest absolute Gasteiger partial charge is 0.337 e. The Morgan fingerprint density at radius 2 is 1.72 bits per heavy atom. The quantitative estimate of drug-likeness (QED) is 0.661. The first-order chi connectivity index (χ1) is 12.0. The van der Waals surface area contributed by atoms with Crippen molar-refractivity contribution in [2.45, 2.75) is 11.8 Å². The summed E-state index contributed by atoms with van der Waals surface area (Å²) in [5.74, 6) is -1.56. The predicted octanol–water partition coefficient (Wildman–Crippen LogP) is 4.41. The van der Waals surface area contributed by atoms with E-state index < -0.39 is 11.9 Å². The molecule has 6 heteroatoms. The number of carboxylic acid groups (broad SMARTS) is 2. The first-order valence-electron chi connectivity index (χ1n) is 7.66. The Hall–Kier alpha value is -2.86. The average Bonchev–Trinajstić information content (AvgIpc) is 2.61. The van der Waals surface area contributed by atoms with Crippen LogP contribution in [0, 0.1) is 0 Å². The SMILES string of the molecule is CCSc1c(-c2ccccc2)nc2c(C(=O)O)cccc2c1C(=O)O. The van der Waals surface area contributed by atoms with Crippen molar-refractivity contribution >= 4 is 34.6 Å². The third kappa shape index (κ3) is 3.08. The van der Waals surface area contributed by atoms with Gasteiger partial charge in [0.05, 0.1) is 22.3 Å². The highest BCUT2D eigenvalue weighted by Gasteiger charge is 2.23. The number of fused-ring (bicyclic) bond motifs is 1. The molecule has 126 valence electrons. The number of rotatable bonds is 5. The van der Waals surface area contributed by atoms with E-state index in [9.17, 15) is 19.8 Å². The van der Waals surface area contributed by atoms with E-state index in [-0.39, 0.29) is 16.6 Å². The topological polar surface area (TPSA) is 87.5 Å². The Bertz CT molecular complexity index is 970. The number of carbonyl (C=O) groups is 2. The van der Waals surface area contributed by atoms with Crippen molar-refractivity contribution in [2.75, 3.05) is 5.75 Å². The van der Waals surface area contributed by atoms with E-state index in [2.05, 4.69) is 4.98 Å². The fraction of sp³-hybridized carbons (Fsp3) is 0.105. The Labute approximate surface area is 148 Å². The van der Waals surface area contributed by atoms with Gasteiger partial charge in [-0.05, 0) is 11.8 Å². The second-order valence-corrected chi connectivity index (χ2v) is 6.55. The minimum absolute atomic E-state index is 0.00905.